The molecule has 0 aliphatic heterocycles. The lowest BCUT2D eigenvalue weighted by molar-refractivity contribution is 0.111. The molecule has 0 saturated heterocycles. The van der Waals surface area contributed by atoms with Gasteiger partial charge in [0.2, 0.25) is 0 Å². The van der Waals surface area contributed by atoms with Gasteiger partial charge in [0.25, 0.3) is 0 Å². The van der Waals surface area contributed by atoms with Crippen molar-refractivity contribution in [3.63, 3.8) is 0 Å². The summed E-state index contributed by atoms with van der Waals surface area (Å²) in [6.07, 6.45) is 0.770. The van der Waals surface area contributed by atoms with Crippen LogP contribution in [0.4, 0.5) is 0 Å². The van der Waals surface area contributed by atoms with Crippen LogP contribution in [-0.2, 0) is 0 Å². The third-order valence-corrected chi connectivity index (χ3v) is 1.42. The van der Waals surface area contributed by atoms with Gasteiger partial charge < -0.3 is 10.5 Å². The van der Waals surface area contributed by atoms with Crippen molar-refractivity contribution in [2.75, 3.05) is 13.2 Å². The second-order valence-electron chi connectivity index (χ2n) is 2.29. The molecule has 3 heteroatoms. The van der Waals surface area contributed by atoms with Crippen LogP contribution in [0, 0.1) is 0 Å². The Bertz CT molecular complexity index is 260. The highest BCUT2D eigenvalue weighted by Crippen LogP contribution is 2.14. The molecule has 0 fully saturated rings. The minimum absolute atomic E-state index is 0.435. The van der Waals surface area contributed by atoms with E-state index in [1.807, 2.05) is 6.07 Å². The Labute approximate surface area is 71.1 Å². The Morgan fingerprint density at radius 2 is 2.17 bits per heavy atom. The van der Waals surface area contributed by atoms with E-state index < -0.39 is 0 Å². The van der Waals surface area contributed by atoms with Crippen LogP contribution in [0.25, 0.3) is 0 Å². The molecule has 1 aromatic rings. The Morgan fingerprint density at radius 1 is 1.42 bits per heavy atom. The van der Waals surface area contributed by atoms with Crippen LogP contribution >= 0.6 is 0 Å². The largest absolute Gasteiger partial charge is 0.492 e. The number of aldehydes is 1. The van der Waals surface area contributed by atoms with E-state index in [-0.39, 0.29) is 0 Å². The third kappa shape index (κ3) is 2.07. The molecule has 12 heavy (non-hydrogen) atoms. The van der Waals surface area contributed by atoms with Crippen molar-refractivity contribution in [2.24, 2.45) is 5.73 Å². The van der Waals surface area contributed by atoms with E-state index in [1.54, 1.807) is 18.2 Å². The molecule has 0 atom stereocenters. The number of para-hydroxylation sites is 1. The summed E-state index contributed by atoms with van der Waals surface area (Å²) in [5.74, 6) is 0.595. The van der Waals surface area contributed by atoms with Crippen molar-refractivity contribution in [2.45, 2.75) is 0 Å². The molecule has 0 aliphatic carbocycles. The number of benzene rings is 1. The first-order valence-electron chi connectivity index (χ1n) is 3.75. The minimum Gasteiger partial charge on any atom is -0.492 e. The van der Waals surface area contributed by atoms with E-state index in [2.05, 4.69) is 0 Å². The van der Waals surface area contributed by atoms with Gasteiger partial charge in [-0.05, 0) is 12.1 Å². The maximum Gasteiger partial charge on any atom is 0.153 e. The fourth-order valence-electron chi connectivity index (χ4n) is 0.878. The number of carbonyl (C=O) groups is 1. The first-order valence-corrected chi connectivity index (χ1v) is 3.75. The molecule has 3 nitrogen and oxygen atoms in total. The number of ether oxygens (including phenoxy) is 1. The maximum atomic E-state index is 10.5. The van der Waals surface area contributed by atoms with Gasteiger partial charge in [0.15, 0.2) is 6.29 Å². The van der Waals surface area contributed by atoms with E-state index in [0.29, 0.717) is 24.5 Å². The molecule has 0 spiro atoms. The molecular weight excluding hydrogens is 154 g/mol. The second kappa shape index (κ2) is 4.51. The highest BCUT2D eigenvalue weighted by molar-refractivity contribution is 5.79. The van der Waals surface area contributed by atoms with Crippen LogP contribution in [0.5, 0.6) is 5.75 Å². The molecule has 1 aromatic carbocycles. The number of hydrogen-bond donors (Lipinski definition) is 1. The van der Waals surface area contributed by atoms with Gasteiger partial charge in [-0.1, -0.05) is 12.1 Å². The van der Waals surface area contributed by atoms with E-state index in [4.69, 9.17) is 10.5 Å². The smallest absolute Gasteiger partial charge is 0.153 e. The predicted molar refractivity (Wildman–Crippen MR) is 46.4 cm³/mol. The average molecular weight is 165 g/mol. The van der Waals surface area contributed by atoms with Crippen molar-refractivity contribution in [3.8, 4) is 5.75 Å². The lowest BCUT2D eigenvalue weighted by atomic mass is 10.2. The average Bonchev–Trinajstić information content (AvgIpc) is 2.15. The topological polar surface area (TPSA) is 52.3 Å². The lowest BCUT2D eigenvalue weighted by Gasteiger charge is -2.05. The molecule has 0 aliphatic rings. The summed E-state index contributed by atoms with van der Waals surface area (Å²) in [6.45, 7) is 0.887. The van der Waals surface area contributed by atoms with Crippen molar-refractivity contribution in [1.82, 2.24) is 0 Å². The summed E-state index contributed by atoms with van der Waals surface area (Å²) >= 11 is 0. The van der Waals surface area contributed by atoms with Gasteiger partial charge in [-0.15, -0.1) is 0 Å². The summed E-state index contributed by atoms with van der Waals surface area (Å²) in [6, 6.07) is 7.07. The zero-order valence-corrected chi connectivity index (χ0v) is 6.69. The van der Waals surface area contributed by atoms with E-state index >= 15 is 0 Å². The Balaban J connectivity index is 2.75. The Kier molecular flexibility index (Phi) is 3.29. The molecular formula is C9H11NO2. The van der Waals surface area contributed by atoms with Crippen LogP contribution in [-0.4, -0.2) is 19.4 Å². The quantitative estimate of drug-likeness (QED) is 0.672. The van der Waals surface area contributed by atoms with Crippen molar-refractivity contribution in [3.05, 3.63) is 29.8 Å². The van der Waals surface area contributed by atoms with Crippen LogP contribution in [0.2, 0.25) is 0 Å². The molecule has 64 valence electrons. The van der Waals surface area contributed by atoms with Crippen molar-refractivity contribution >= 4 is 6.29 Å². The van der Waals surface area contributed by atoms with Crippen molar-refractivity contribution < 1.29 is 9.53 Å². The van der Waals surface area contributed by atoms with Crippen LogP contribution in [0.3, 0.4) is 0 Å². The normalized spacial score (nSPS) is 9.42. The van der Waals surface area contributed by atoms with Gasteiger partial charge in [0.1, 0.15) is 12.4 Å². The molecule has 0 radical (unpaired) electrons. The molecule has 0 amide bonds. The number of rotatable bonds is 4. The van der Waals surface area contributed by atoms with Crippen LogP contribution < -0.4 is 10.5 Å². The van der Waals surface area contributed by atoms with Gasteiger partial charge in [-0.2, -0.15) is 0 Å². The number of nitrogens with two attached hydrogens (primary N) is 1. The SMILES string of the molecule is NCCOc1ccccc1C=O. The van der Waals surface area contributed by atoms with Crippen molar-refractivity contribution in [1.29, 1.82) is 0 Å². The van der Waals surface area contributed by atoms with Gasteiger partial charge >= 0.3 is 0 Å². The predicted octanol–water partition coefficient (Wildman–Crippen LogP) is 0.837. The molecule has 0 saturated carbocycles. The molecule has 0 bridgehead atoms. The van der Waals surface area contributed by atoms with Gasteiger partial charge in [0, 0.05) is 6.54 Å². The standard InChI is InChI=1S/C9H11NO2/c10-5-6-12-9-4-2-1-3-8(9)7-11/h1-4,7H,5-6,10H2. The summed E-state index contributed by atoms with van der Waals surface area (Å²) in [7, 11) is 0. The summed E-state index contributed by atoms with van der Waals surface area (Å²) in [5.41, 5.74) is 5.82. The molecule has 0 aromatic heterocycles. The third-order valence-electron chi connectivity index (χ3n) is 1.42. The van der Waals surface area contributed by atoms with Gasteiger partial charge in [-0.25, -0.2) is 0 Å². The Morgan fingerprint density at radius 3 is 2.83 bits per heavy atom. The van der Waals surface area contributed by atoms with Gasteiger partial charge in [-0.3, -0.25) is 4.79 Å². The fraction of sp³-hybridized carbons (Fsp3) is 0.222. The number of carbonyl (C=O) groups excluding carboxylic acids is 1. The summed E-state index contributed by atoms with van der Waals surface area (Å²) < 4.78 is 5.22. The van der Waals surface area contributed by atoms with E-state index in [9.17, 15) is 4.79 Å². The molecule has 2 N–H and O–H groups in total. The fourth-order valence-corrected chi connectivity index (χ4v) is 0.878. The highest BCUT2D eigenvalue weighted by Gasteiger charge is 1.99. The first-order chi connectivity index (χ1) is 5.88. The number of hydrogen-bond acceptors (Lipinski definition) is 3. The molecule has 1 rings (SSSR count). The highest BCUT2D eigenvalue weighted by atomic mass is 16.5. The van der Waals surface area contributed by atoms with E-state index in [1.165, 1.54) is 0 Å². The zero-order valence-electron chi connectivity index (χ0n) is 6.69. The summed E-state index contributed by atoms with van der Waals surface area (Å²) in [4.78, 5) is 10.5. The Hall–Kier alpha value is -1.35. The zero-order chi connectivity index (χ0) is 8.81. The van der Waals surface area contributed by atoms with Gasteiger partial charge in [0.05, 0.1) is 5.56 Å². The maximum absolute atomic E-state index is 10.5. The van der Waals surface area contributed by atoms with Crippen LogP contribution in [0.1, 0.15) is 10.4 Å². The monoisotopic (exact) mass is 165 g/mol. The second-order valence-corrected chi connectivity index (χ2v) is 2.29. The first kappa shape index (κ1) is 8.74. The lowest BCUT2D eigenvalue weighted by Crippen LogP contribution is -2.11. The van der Waals surface area contributed by atoms with E-state index in [0.717, 1.165) is 6.29 Å². The summed E-state index contributed by atoms with van der Waals surface area (Å²) in [5, 5.41) is 0. The van der Waals surface area contributed by atoms with Crippen LogP contribution in [0.15, 0.2) is 24.3 Å². The minimum atomic E-state index is 0.435. The molecule has 0 heterocycles. The molecule has 0 unspecified atom stereocenters.